The van der Waals surface area contributed by atoms with Gasteiger partial charge in [0.2, 0.25) is 0 Å². The van der Waals surface area contributed by atoms with E-state index in [4.69, 9.17) is 28.9 Å². The van der Waals surface area contributed by atoms with E-state index in [1.54, 1.807) is 91.9 Å². The molecule has 0 aliphatic rings. The third-order valence-electron chi connectivity index (χ3n) is 7.04. The maximum atomic E-state index is 12.8. The Morgan fingerprint density at radius 3 is 1.67 bits per heavy atom. The van der Waals surface area contributed by atoms with Gasteiger partial charge in [-0.3, -0.25) is 14.4 Å². The van der Waals surface area contributed by atoms with Crippen molar-refractivity contribution in [3.8, 4) is 11.4 Å². The maximum absolute atomic E-state index is 12.8. The molecule has 0 spiro atoms. The van der Waals surface area contributed by atoms with Crippen LogP contribution in [0.15, 0.2) is 134 Å². The Morgan fingerprint density at radius 2 is 1.12 bits per heavy atom. The van der Waals surface area contributed by atoms with E-state index >= 15 is 0 Å². The standard InChI is InChI=1S/C25H19ClN4O2.C13H11ClN2O/c1-16-20(15-27-23(28-16)17-8-4-2-5-9-17)25(32)29-19-12-13-21(26)22(14-19)30-24(31)18-10-6-3-7-11-18;14-11-7-6-10(15)8-12(11)16-13(17)9-4-2-1-3-5-9/h2-15H,1H3,(H,29,32)(H,30,31);1-8H,15H2,(H,16,17). The molecule has 0 radical (unpaired) electrons. The molecule has 1 heterocycles. The van der Waals surface area contributed by atoms with Crippen molar-refractivity contribution in [3.63, 3.8) is 0 Å². The topological polar surface area (TPSA) is 139 Å². The number of halogens is 2. The van der Waals surface area contributed by atoms with Crippen molar-refractivity contribution in [2.45, 2.75) is 6.92 Å². The van der Waals surface area contributed by atoms with Crippen molar-refractivity contribution in [2.75, 3.05) is 21.7 Å². The van der Waals surface area contributed by atoms with Gasteiger partial charge in [-0.25, -0.2) is 9.97 Å². The number of amides is 3. The Bertz CT molecular complexity index is 2100. The van der Waals surface area contributed by atoms with Gasteiger partial charge in [-0.15, -0.1) is 0 Å². The second-order valence-electron chi connectivity index (χ2n) is 10.6. The number of nitrogens with zero attached hydrogens (tertiary/aromatic N) is 2. The van der Waals surface area contributed by atoms with E-state index in [2.05, 4.69) is 25.9 Å². The highest BCUT2D eigenvalue weighted by Crippen LogP contribution is 2.27. The first kappa shape index (κ1) is 34.3. The highest BCUT2D eigenvalue weighted by atomic mass is 35.5. The normalized spacial score (nSPS) is 10.3. The fraction of sp³-hybridized carbons (Fsp3) is 0.0263. The zero-order valence-corrected chi connectivity index (χ0v) is 27.7. The summed E-state index contributed by atoms with van der Waals surface area (Å²) in [5.41, 5.74) is 10.4. The van der Waals surface area contributed by atoms with Gasteiger partial charge in [0.05, 0.1) is 32.7 Å². The number of hydrogen-bond acceptors (Lipinski definition) is 6. The Morgan fingerprint density at radius 1 is 0.612 bits per heavy atom. The zero-order chi connectivity index (χ0) is 34.8. The van der Waals surface area contributed by atoms with Crippen molar-refractivity contribution in [3.05, 3.63) is 166 Å². The Kier molecular flexibility index (Phi) is 11.3. The number of anilines is 4. The fourth-order valence-corrected chi connectivity index (χ4v) is 4.85. The molecule has 11 heteroatoms. The number of nitrogen functional groups attached to an aromatic ring is 1. The molecule has 5 N–H and O–H groups in total. The third-order valence-corrected chi connectivity index (χ3v) is 7.70. The molecule has 6 aromatic rings. The highest BCUT2D eigenvalue weighted by Gasteiger charge is 2.15. The molecule has 1 aromatic heterocycles. The molecule has 0 aliphatic heterocycles. The van der Waals surface area contributed by atoms with E-state index in [-0.39, 0.29) is 17.7 Å². The number of rotatable bonds is 7. The van der Waals surface area contributed by atoms with Gasteiger partial charge in [0, 0.05) is 34.3 Å². The average Bonchev–Trinajstić information content (AvgIpc) is 3.12. The van der Waals surface area contributed by atoms with Crippen LogP contribution in [0.2, 0.25) is 10.0 Å². The quantitative estimate of drug-likeness (QED) is 0.124. The lowest BCUT2D eigenvalue weighted by Crippen LogP contribution is -2.16. The van der Waals surface area contributed by atoms with E-state index < -0.39 is 0 Å². The SMILES string of the molecule is Cc1nc(-c2ccccc2)ncc1C(=O)Nc1ccc(Cl)c(NC(=O)c2ccccc2)c1.Nc1ccc(Cl)c(NC(=O)c2ccccc2)c1. The van der Waals surface area contributed by atoms with Gasteiger partial charge in [-0.2, -0.15) is 0 Å². The lowest BCUT2D eigenvalue weighted by atomic mass is 10.1. The summed E-state index contributed by atoms with van der Waals surface area (Å²) in [7, 11) is 0. The van der Waals surface area contributed by atoms with E-state index in [0.29, 0.717) is 61.0 Å². The minimum Gasteiger partial charge on any atom is -0.399 e. The van der Waals surface area contributed by atoms with Gasteiger partial charge in [0.25, 0.3) is 17.7 Å². The second kappa shape index (κ2) is 16.2. The molecule has 0 saturated carbocycles. The molecule has 49 heavy (non-hydrogen) atoms. The van der Waals surface area contributed by atoms with Crippen molar-refractivity contribution in [1.29, 1.82) is 0 Å². The Balaban J connectivity index is 0.000000232. The molecular weight excluding hydrogens is 659 g/mol. The van der Waals surface area contributed by atoms with E-state index in [1.807, 2.05) is 42.5 Å². The maximum Gasteiger partial charge on any atom is 0.259 e. The molecular formula is C38H30Cl2N6O3. The lowest BCUT2D eigenvalue weighted by Gasteiger charge is -2.12. The predicted octanol–water partition coefficient (Wildman–Crippen LogP) is 8.78. The van der Waals surface area contributed by atoms with Crippen LogP contribution in [0.4, 0.5) is 22.7 Å². The first-order valence-electron chi connectivity index (χ1n) is 15.0. The smallest absolute Gasteiger partial charge is 0.259 e. The summed E-state index contributed by atoms with van der Waals surface area (Å²) in [5.74, 6) is -0.309. The highest BCUT2D eigenvalue weighted by molar-refractivity contribution is 6.34. The van der Waals surface area contributed by atoms with Gasteiger partial charge in [0.1, 0.15) is 0 Å². The number of nitrogens with one attached hydrogen (secondary N) is 3. The number of hydrogen-bond donors (Lipinski definition) is 4. The zero-order valence-electron chi connectivity index (χ0n) is 26.2. The van der Waals surface area contributed by atoms with Crippen LogP contribution in [-0.4, -0.2) is 27.7 Å². The first-order chi connectivity index (χ1) is 23.7. The van der Waals surface area contributed by atoms with E-state index in [1.165, 1.54) is 6.20 Å². The molecule has 5 aromatic carbocycles. The molecule has 0 bridgehead atoms. The minimum atomic E-state index is -0.357. The Hall–Kier alpha value is -6.03. The van der Waals surface area contributed by atoms with Crippen molar-refractivity contribution in [1.82, 2.24) is 9.97 Å². The Labute approximate surface area is 293 Å². The molecule has 0 atom stereocenters. The molecule has 0 saturated heterocycles. The van der Waals surface area contributed by atoms with Crippen molar-refractivity contribution < 1.29 is 14.4 Å². The number of aryl methyl sites for hydroxylation is 1. The van der Waals surface area contributed by atoms with Crippen molar-refractivity contribution >= 4 is 63.7 Å². The van der Waals surface area contributed by atoms with E-state index in [9.17, 15) is 14.4 Å². The molecule has 0 unspecified atom stereocenters. The van der Waals surface area contributed by atoms with Crippen LogP contribution in [-0.2, 0) is 0 Å². The minimum absolute atomic E-state index is 0.210. The number of carbonyl (C=O) groups is 3. The van der Waals surface area contributed by atoms with Crippen LogP contribution in [0.3, 0.4) is 0 Å². The summed E-state index contributed by atoms with van der Waals surface area (Å²) in [6.07, 6.45) is 1.51. The van der Waals surface area contributed by atoms with Crippen LogP contribution in [0.25, 0.3) is 11.4 Å². The second-order valence-corrected chi connectivity index (χ2v) is 11.4. The van der Waals surface area contributed by atoms with Gasteiger partial charge < -0.3 is 21.7 Å². The van der Waals surface area contributed by atoms with E-state index in [0.717, 1.165) is 5.56 Å². The fourth-order valence-electron chi connectivity index (χ4n) is 4.52. The summed E-state index contributed by atoms with van der Waals surface area (Å²) in [4.78, 5) is 45.9. The predicted molar refractivity (Wildman–Crippen MR) is 196 cm³/mol. The molecule has 0 fully saturated rings. The van der Waals surface area contributed by atoms with Gasteiger partial charge in [0.15, 0.2) is 5.82 Å². The van der Waals surface area contributed by atoms with Crippen LogP contribution in [0.1, 0.15) is 36.8 Å². The summed E-state index contributed by atoms with van der Waals surface area (Å²) in [6.45, 7) is 1.76. The largest absolute Gasteiger partial charge is 0.399 e. The van der Waals surface area contributed by atoms with Gasteiger partial charge >= 0.3 is 0 Å². The average molecular weight is 690 g/mol. The molecule has 0 aliphatic carbocycles. The van der Waals surface area contributed by atoms with Crippen LogP contribution in [0, 0.1) is 6.92 Å². The number of benzene rings is 5. The van der Waals surface area contributed by atoms with Crippen LogP contribution < -0.4 is 21.7 Å². The van der Waals surface area contributed by atoms with Crippen molar-refractivity contribution in [2.24, 2.45) is 0 Å². The summed E-state index contributed by atoms with van der Waals surface area (Å²) >= 11 is 12.2. The summed E-state index contributed by atoms with van der Waals surface area (Å²) in [6, 6.07) is 37.1. The summed E-state index contributed by atoms with van der Waals surface area (Å²) in [5, 5.41) is 9.12. The van der Waals surface area contributed by atoms with Crippen LogP contribution in [0.5, 0.6) is 0 Å². The number of aromatic nitrogens is 2. The number of nitrogens with two attached hydrogens (primary N) is 1. The van der Waals surface area contributed by atoms with Gasteiger partial charge in [-0.1, -0.05) is 89.9 Å². The molecule has 9 nitrogen and oxygen atoms in total. The molecule has 244 valence electrons. The summed E-state index contributed by atoms with van der Waals surface area (Å²) < 4.78 is 0. The van der Waals surface area contributed by atoms with Gasteiger partial charge in [-0.05, 0) is 67.6 Å². The molecule has 3 amide bonds. The monoisotopic (exact) mass is 688 g/mol. The number of carbonyl (C=O) groups excluding carboxylic acids is 3. The third kappa shape index (κ3) is 9.29. The lowest BCUT2D eigenvalue weighted by molar-refractivity contribution is 0.101. The molecule has 6 rings (SSSR count). The van der Waals surface area contributed by atoms with Crippen LogP contribution >= 0.6 is 23.2 Å². The first-order valence-corrected chi connectivity index (χ1v) is 15.7.